The lowest BCUT2D eigenvalue weighted by atomic mass is 10.0. The number of amides is 1. The molecule has 0 fully saturated rings. The van der Waals surface area contributed by atoms with Gasteiger partial charge in [-0.3, -0.25) is 9.48 Å². The van der Waals surface area contributed by atoms with Crippen LogP contribution in [-0.4, -0.2) is 48.2 Å². The van der Waals surface area contributed by atoms with Gasteiger partial charge in [0.25, 0.3) is 0 Å². The monoisotopic (exact) mass is 396 g/mol. The van der Waals surface area contributed by atoms with Crippen LogP contribution >= 0.6 is 11.8 Å². The molecule has 8 heteroatoms. The summed E-state index contributed by atoms with van der Waals surface area (Å²) in [5.74, 6) is 0.890. The van der Waals surface area contributed by atoms with Crippen LogP contribution in [0.4, 0.5) is 0 Å². The maximum absolute atomic E-state index is 12.9. The van der Waals surface area contributed by atoms with Crippen molar-refractivity contribution in [3.05, 3.63) is 46.6 Å². The molecule has 2 aromatic heterocycles. The molecule has 3 heterocycles. The van der Waals surface area contributed by atoms with Gasteiger partial charge >= 0.3 is 0 Å². The fourth-order valence-electron chi connectivity index (χ4n) is 3.68. The minimum atomic E-state index is 0.145. The molecular formula is C20H24N6OS. The van der Waals surface area contributed by atoms with Gasteiger partial charge in [0.15, 0.2) is 11.0 Å². The molecule has 1 aliphatic heterocycles. The first-order valence-corrected chi connectivity index (χ1v) is 10.5. The summed E-state index contributed by atoms with van der Waals surface area (Å²) in [6.45, 7) is 3.33. The second-order valence-corrected chi connectivity index (χ2v) is 7.97. The van der Waals surface area contributed by atoms with Crippen molar-refractivity contribution in [2.45, 2.75) is 31.5 Å². The van der Waals surface area contributed by atoms with Crippen molar-refractivity contribution < 1.29 is 4.79 Å². The molecule has 1 amide bonds. The highest BCUT2D eigenvalue weighted by Gasteiger charge is 2.29. The third-order valence-corrected chi connectivity index (χ3v) is 6.02. The normalized spacial score (nSPS) is 13.6. The number of hydrogen-bond acceptors (Lipinski definition) is 5. The van der Waals surface area contributed by atoms with E-state index >= 15 is 0 Å². The summed E-state index contributed by atoms with van der Waals surface area (Å²) in [5.41, 5.74) is 5.32. The SMILES string of the molecule is CSc1nnc(-c2nn(C)c3c2CN(C(=O)Cc2ccc(C)cc2)CC3)n1C. The quantitative estimate of drug-likeness (QED) is 0.634. The van der Waals surface area contributed by atoms with Crippen molar-refractivity contribution >= 4 is 17.7 Å². The van der Waals surface area contributed by atoms with Gasteiger partial charge in [-0.1, -0.05) is 41.6 Å². The Kier molecular flexibility index (Phi) is 4.97. The summed E-state index contributed by atoms with van der Waals surface area (Å²) in [6.07, 6.45) is 3.20. The highest BCUT2D eigenvalue weighted by atomic mass is 32.2. The van der Waals surface area contributed by atoms with E-state index in [0.29, 0.717) is 19.5 Å². The average Bonchev–Trinajstić information content (AvgIpc) is 3.22. The lowest BCUT2D eigenvalue weighted by Crippen LogP contribution is -2.37. The molecule has 4 rings (SSSR count). The lowest BCUT2D eigenvalue weighted by molar-refractivity contribution is -0.131. The standard InChI is InChI=1S/C20H24N6OS/c1-13-5-7-14(8-6-13)11-17(27)26-10-9-16-15(12-26)18(23-25(16)3)19-21-22-20(28-4)24(19)2/h5-8H,9-12H2,1-4H3. The van der Waals surface area contributed by atoms with Gasteiger partial charge in [0.2, 0.25) is 5.91 Å². The van der Waals surface area contributed by atoms with Crippen LogP contribution < -0.4 is 0 Å². The molecule has 28 heavy (non-hydrogen) atoms. The van der Waals surface area contributed by atoms with Crippen molar-refractivity contribution in [1.82, 2.24) is 29.4 Å². The fourth-order valence-corrected chi connectivity index (χ4v) is 4.16. The highest BCUT2D eigenvalue weighted by molar-refractivity contribution is 7.98. The molecule has 0 atom stereocenters. The van der Waals surface area contributed by atoms with Gasteiger partial charge in [0.05, 0.1) is 6.42 Å². The third-order valence-electron chi connectivity index (χ3n) is 5.30. The van der Waals surface area contributed by atoms with Gasteiger partial charge in [-0.05, 0) is 18.7 Å². The Balaban J connectivity index is 1.60. The van der Waals surface area contributed by atoms with E-state index in [1.54, 1.807) is 11.8 Å². The van der Waals surface area contributed by atoms with E-state index in [0.717, 1.165) is 34.2 Å². The molecule has 0 aliphatic carbocycles. The number of aromatic nitrogens is 5. The largest absolute Gasteiger partial charge is 0.338 e. The number of rotatable bonds is 4. The zero-order valence-electron chi connectivity index (χ0n) is 16.6. The van der Waals surface area contributed by atoms with E-state index in [9.17, 15) is 4.79 Å². The summed E-state index contributed by atoms with van der Waals surface area (Å²) in [7, 11) is 3.91. The lowest BCUT2D eigenvalue weighted by Gasteiger charge is -2.27. The number of thioether (sulfide) groups is 1. The van der Waals surface area contributed by atoms with Gasteiger partial charge < -0.3 is 9.47 Å². The minimum absolute atomic E-state index is 0.145. The van der Waals surface area contributed by atoms with Gasteiger partial charge in [-0.2, -0.15) is 5.10 Å². The van der Waals surface area contributed by atoms with E-state index in [1.807, 2.05) is 58.8 Å². The Labute approximate surface area is 168 Å². The van der Waals surface area contributed by atoms with E-state index in [2.05, 4.69) is 17.1 Å². The van der Waals surface area contributed by atoms with E-state index < -0.39 is 0 Å². The maximum Gasteiger partial charge on any atom is 0.227 e. The van der Waals surface area contributed by atoms with Crippen LogP contribution in [-0.2, 0) is 38.3 Å². The second kappa shape index (κ2) is 7.43. The summed E-state index contributed by atoms with van der Waals surface area (Å²) >= 11 is 1.55. The Morgan fingerprint density at radius 1 is 1.18 bits per heavy atom. The van der Waals surface area contributed by atoms with E-state index in [-0.39, 0.29) is 5.91 Å². The van der Waals surface area contributed by atoms with Crippen LogP contribution in [0.25, 0.3) is 11.5 Å². The summed E-state index contributed by atoms with van der Waals surface area (Å²) in [6, 6.07) is 8.16. The second-order valence-electron chi connectivity index (χ2n) is 7.19. The molecule has 0 unspecified atom stereocenters. The summed E-state index contributed by atoms with van der Waals surface area (Å²) < 4.78 is 3.88. The number of benzene rings is 1. The number of fused-ring (bicyclic) bond motifs is 1. The number of aryl methyl sites for hydroxylation is 2. The first-order valence-electron chi connectivity index (χ1n) is 9.29. The van der Waals surface area contributed by atoms with Crippen molar-refractivity contribution in [3.8, 4) is 11.5 Å². The van der Waals surface area contributed by atoms with Crippen LogP contribution in [0.3, 0.4) is 0 Å². The molecule has 0 saturated heterocycles. The topological polar surface area (TPSA) is 68.8 Å². The zero-order chi connectivity index (χ0) is 19.8. The summed E-state index contributed by atoms with van der Waals surface area (Å²) in [5, 5.41) is 14.1. The number of hydrogen-bond donors (Lipinski definition) is 0. The predicted octanol–water partition coefficient (Wildman–Crippen LogP) is 2.37. The Hall–Kier alpha value is -2.61. The molecule has 0 spiro atoms. The van der Waals surface area contributed by atoms with Crippen LogP contribution in [0.15, 0.2) is 29.4 Å². The number of nitrogens with zero attached hydrogens (tertiary/aromatic N) is 6. The Morgan fingerprint density at radius 2 is 1.93 bits per heavy atom. The maximum atomic E-state index is 12.9. The molecule has 146 valence electrons. The first kappa shape index (κ1) is 18.7. The Morgan fingerprint density at radius 3 is 2.61 bits per heavy atom. The molecule has 0 radical (unpaired) electrons. The zero-order valence-corrected chi connectivity index (χ0v) is 17.5. The third kappa shape index (κ3) is 3.32. The molecule has 1 aliphatic rings. The highest BCUT2D eigenvalue weighted by Crippen LogP contribution is 2.30. The van der Waals surface area contributed by atoms with Crippen LogP contribution in [0.2, 0.25) is 0 Å². The smallest absolute Gasteiger partial charge is 0.227 e. The van der Waals surface area contributed by atoms with Gasteiger partial charge in [0, 0.05) is 44.9 Å². The van der Waals surface area contributed by atoms with Crippen molar-refractivity contribution in [3.63, 3.8) is 0 Å². The van der Waals surface area contributed by atoms with Gasteiger partial charge in [-0.15, -0.1) is 10.2 Å². The molecule has 0 N–H and O–H groups in total. The molecule has 0 saturated carbocycles. The van der Waals surface area contributed by atoms with Crippen LogP contribution in [0.5, 0.6) is 0 Å². The van der Waals surface area contributed by atoms with E-state index in [1.165, 1.54) is 11.3 Å². The minimum Gasteiger partial charge on any atom is -0.338 e. The molecule has 3 aromatic rings. The fraction of sp³-hybridized carbons (Fsp3) is 0.400. The van der Waals surface area contributed by atoms with Crippen molar-refractivity contribution in [2.75, 3.05) is 12.8 Å². The van der Waals surface area contributed by atoms with Crippen LogP contribution in [0.1, 0.15) is 22.4 Å². The average molecular weight is 397 g/mol. The van der Waals surface area contributed by atoms with Crippen molar-refractivity contribution in [1.29, 1.82) is 0 Å². The van der Waals surface area contributed by atoms with E-state index in [4.69, 9.17) is 5.10 Å². The Bertz CT molecular complexity index is 1020. The van der Waals surface area contributed by atoms with Gasteiger partial charge in [-0.25, -0.2) is 0 Å². The van der Waals surface area contributed by atoms with Gasteiger partial charge in [0.1, 0.15) is 5.69 Å². The molecule has 1 aromatic carbocycles. The summed E-state index contributed by atoms with van der Waals surface area (Å²) in [4.78, 5) is 14.8. The molecule has 7 nitrogen and oxygen atoms in total. The van der Waals surface area contributed by atoms with Crippen LogP contribution in [0, 0.1) is 6.92 Å². The molecular weight excluding hydrogens is 372 g/mol. The first-order chi connectivity index (χ1) is 13.5. The molecule has 0 bridgehead atoms. The number of carbonyl (C=O) groups excluding carboxylic acids is 1. The van der Waals surface area contributed by atoms with Crippen molar-refractivity contribution in [2.24, 2.45) is 14.1 Å². The number of carbonyl (C=O) groups is 1. The predicted molar refractivity (Wildman–Crippen MR) is 109 cm³/mol.